The van der Waals surface area contributed by atoms with Crippen molar-refractivity contribution in [3.63, 3.8) is 0 Å². The molecule has 176 valence electrons. The number of thioether (sulfide) groups is 1. The van der Waals surface area contributed by atoms with Gasteiger partial charge in [-0.25, -0.2) is 13.6 Å². The van der Waals surface area contributed by atoms with Gasteiger partial charge in [-0.1, -0.05) is 11.8 Å². The molecule has 0 bridgehead atoms. The first-order valence-electron chi connectivity index (χ1n) is 9.37. The number of rotatable bonds is 7. The van der Waals surface area contributed by atoms with Gasteiger partial charge in [0.25, 0.3) is 0 Å². The first-order valence-corrected chi connectivity index (χ1v) is 11.8. The summed E-state index contributed by atoms with van der Waals surface area (Å²) in [6, 6.07) is 5.18. The molecule has 1 fully saturated rings. The van der Waals surface area contributed by atoms with Gasteiger partial charge in [-0.15, -0.1) is 10.2 Å². The number of nitrogens with one attached hydrogen (secondary N) is 1. The number of anilines is 2. The number of nitrogens with two attached hydrogens (primary N) is 1. The Bertz CT molecular complexity index is 1050. The molecule has 1 amide bonds. The number of carbonyl (C=O) groups excluding carboxylic acids is 1. The maximum Gasteiger partial charge on any atom is 0.406 e. The normalized spacial score (nSPS) is 16.1. The van der Waals surface area contributed by atoms with Crippen LogP contribution < -0.4 is 15.4 Å². The number of hydrogen-bond donors (Lipinski definition) is 2. The van der Waals surface area contributed by atoms with Crippen LogP contribution in [0, 0.1) is 0 Å². The maximum absolute atomic E-state index is 13.2. The number of aromatic nitrogens is 3. The molecular weight excluding hydrogens is 473 g/mol. The highest BCUT2D eigenvalue weighted by Crippen LogP contribution is 2.30. The number of primary sulfonamides is 1. The Morgan fingerprint density at radius 1 is 1.25 bits per heavy atom. The van der Waals surface area contributed by atoms with Gasteiger partial charge in [0.1, 0.15) is 6.54 Å². The van der Waals surface area contributed by atoms with Crippen LogP contribution in [0.25, 0.3) is 0 Å². The average molecular weight is 495 g/mol. The van der Waals surface area contributed by atoms with Gasteiger partial charge in [0, 0.05) is 18.8 Å². The molecule has 3 rings (SSSR count). The van der Waals surface area contributed by atoms with E-state index in [1.807, 2.05) is 0 Å². The van der Waals surface area contributed by atoms with E-state index in [1.54, 1.807) is 4.90 Å². The highest BCUT2D eigenvalue weighted by molar-refractivity contribution is 8.00. The second-order valence-electron chi connectivity index (χ2n) is 6.90. The molecule has 1 aliphatic rings. The van der Waals surface area contributed by atoms with Crippen molar-refractivity contribution in [3.8, 4) is 0 Å². The lowest BCUT2D eigenvalue weighted by Gasteiger charge is -2.28. The number of alkyl halides is 3. The summed E-state index contributed by atoms with van der Waals surface area (Å²) >= 11 is 0.834. The summed E-state index contributed by atoms with van der Waals surface area (Å²) in [7, 11) is -3.87. The molecule has 1 atom stereocenters. The van der Waals surface area contributed by atoms with E-state index in [4.69, 9.17) is 9.88 Å². The first-order chi connectivity index (χ1) is 14.9. The van der Waals surface area contributed by atoms with E-state index in [1.165, 1.54) is 31.2 Å². The minimum atomic E-state index is -4.50. The molecule has 10 nitrogen and oxygen atoms in total. The fourth-order valence-electron chi connectivity index (χ4n) is 2.87. The zero-order chi connectivity index (χ0) is 23.5. The molecular formula is C17H21F3N6O4S2. The van der Waals surface area contributed by atoms with E-state index in [9.17, 15) is 26.4 Å². The molecule has 1 saturated heterocycles. The van der Waals surface area contributed by atoms with Gasteiger partial charge in [0.05, 0.1) is 23.4 Å². The van der Waals surface area contributed by atoms with Gasteiger partial charge in [0.2, 0.25) is 21.9 Å². The SMILES string of the molecule is CC(Sc1nnc(N2CCOCC2)n1CC(F)(F)F)C(=O)Nc1ccc(S(N)(=O)=O)cc1. The Labute approximate surface area is 186 Å². The smallest absolute Gasteiger partial charge is 0.378 e. The van der Waals surface area contributed by atoms with Crippen LogP contribution in [0.15, 0.2) is 34.3 Å². The number of benzene rings is 1. The Morgan fingerprint density at radius 2 is 1.88 bits per heavy atom. The second-order valence-corrected chi connectivity index (χ2v) is 9.77. The van der Waals surface area contributed by atoms with Gasteiger partial charge >= 0.3 is 6.18 Å². The Morgan fingerprint density at radius 3 is 2.44 bits per heavy atom. The predicted octanol–water partition coefficient (Wildman–Crippen LogP) is 1.44. The number of amides is 1. The molecule has 2 aromatic rings. The Balaban J connectivity index is 1.73. The van der Waals surface area contributed by atoms with E-state index in [0.29, 0.717) is 32.0 Å². The molecule has 0 saturated carbocycles. The predicted molar refractivity (Wildman–Crippen MR) is 111 cm³/mol. The standard InChI is InChI=1S/C17H21F3N6O4S2/c1-11(14(27)22-12-2-4-13(5-3-12)32(21,28)29)31-16-24-23-15(25-6-8-30-9-7-25)26(16)10-17(18,19)20/h2-5,11H,6-10H2,1H3,(H,22,27)(H2,21,28,29). The number of carbonyl (C=O) groups is 1. The van der Waals surface area contributed by atoms with Crippen LogP contribution in [0.4, 0.5) is 24.8 Å². The zero-order valence-corrected chi connectivity index (χ0v) is 18.5. The highest BCUT2D eigenvalue weighted by Gasteiger charge is 2.33. The van der Waals surface area contributed by atoms with Crippen molar-refractivity contribution in [1.29, 1.82) is 0 Å². The summed E-state index contributed by atoms with van der Waals surface area (Å²) in [4.78, 5) is 14.1. The Kier molecular flexibility index (Phi) is 7.32. The molecule has 2 heterocycles. The third-order valence-corrected chi connectivity index (χ3v) is 6.44. The molecule has 32 heavy (non-hydrogen) atoms. The maximum atomic E-state index is 13.2. The highest BCUT2D eigenvalue weighted by atomic mass is 32.2. The summed E-state index contributed by atoms with van der Waals surface area (Å²) in [5, 5.41) is 14.5. The molecule has 15 heteroatoms. The van der Waals surface area contributed by atoms with E-state index >= 15 is 0 Å². The van der Waals surface area contributed by atoms with Gasteiger partial charge in [-0.2, -0.15) is 13.2 Å². The second kappa shape index (κ2) is 9.64. The fourth-order valence-corrected chi connectivity index (χ4v) is 4.23. The number of halogens is 3. The summed E-state index contributed by atoms with van der Waals surface area (Å²) < 4.78 is 68.3. The third-order valence-electron chi connectivity index (χ3n) is 4.43. The molecule has 1 aromatic heterocycles. The Hall–Kier alpha value is -2.36. The van der Waals surface area contributed by atoms with Crippen molar-refractivity contribution in [2.45, 2.75) is 34.9 Å². The minimum Gasteiger partial charge on any atom is -0.378 e. The number of morpholine rings is 1. The summed E-state index contributed by atoms with van der Waals surface area (Å²) in [6.07, 6.45) is -4.50. The van der Waals surface area contributed by atoms with E-state index in [0.717, 1.165) is 16.3 Å². The zero-order valence-electron chi connectivity index (χ0n) is 16.9. The van der Waals surface area contributed by atoms with Gasteiger partial charge < -0.3 is 15.0 Å². The number of hydrogen-bond acceptors (Lipinski definition) is 8. The summed E-state index contributed by atoms with van der Waals surface area (Å²) in [6.45, 7) is 1.71. The average Bonchev–Trinajstić information content (AvgIpc) is 3.08. The van der Waals surface area contributed by atoms with Crippen LogP contribution in [-0.4, -0.2) is 66.8 Å². The van der Waals surface area contributed by atoms with Crippen LogP contribution in [0.2, 0.25) is 0 Å². The minimum absolute atomic E-state index is 0.0453. The summed E-state index contributed by atoms with van der Waals surface area (Å²) in [5.41, 5.74) is 0.306. The monoisotopic (exact) mass is 494 g/mol. The van der Waals surface area contributed by atoms with Crippen molar-refractivity contribution < 1.29 is 31.1 Å². The van der Waals surface area contributed by atoms with E-state index in [2.05, 4.69) is 15.5 Å². The lowest BCUT2D eigenvalue weighted by atomic mass is 10.3. The molecule has 3 N–H and O–H groups in total. The van der Waals surface area contributed by atoms with Crippen LogP contribution in [-0.2, 0) is 26.1 Å². The number of sulfonamides is 1. The lowest BCUT2D eigenvalue weighted by molar-refractivity contribution is -0.141. The van der Waals surface area contributed by atoms with Crippen LogP contribution in [0.1, 0.15) is 6.92 Å². The topological polar surface area (TPSA) is 132 Å². The third kappa shape index (κ3) is 6.34. The van der Waals surface area contributed by atoms with Gasteiger partial charge in [0.15, 0.2) is 5.16 Å². The number of nitrogens with zero attached hydrogens (tertiary/aromatic N) is 4. The quantitative estimate of drug-likeness (QED) is 0.553. The molecule has 1 unspecified atom stereocenters. The molecule has 1 aliphatic heterocycles. The first kappa shape index (κ1) is 24.3. The van der Waals surface area contributed by atoms with Crippen LogP contribution in [0.3, 0.4) is 0 Å². The van der Waals surface area contributed by atoms with Crippen molar-refractivity contribution in [2.75, 3.05) is 36.5 Å². The number of ether oxygens (including phenoxy) is 1. The largest absolute Gasteiger partial charge is 0.406 e. The van der Waals surface area contributed by atoms with Crippen molar-refractivity contribution >= 4 is 39.3 Å². The van der Waals surface area contributed by atoms with Crippen LogP contribution >= 0.6 is 11.8 Å². The van der Waals surface area contributed by atoms with E-state index < -0.39 is 33.9 Å². The van der Waals surface area contributed by atoms with Crippen molar-refractivity contribution in [2.24, 2.45) is 5.14 Å². The van der Waals surface area contributed by atoms with E-state index in [-0.39, 0.29) is 16.0 Å². The van der Waals surface area contributed by atoms with Crippen molar-refractivity contribution in [1.82, 2.24) is 14.8 Å². The van der Waals surface area contributed by atoms with Crippen LogP contribution in [0.5, 0.6) is 0 Å². The van der Waals surface area contributed by atoms with Crippen molar-refractivity contribution in [3.05, 3.63) is 24.3 Å². The molecule has 0 spiro atoms. The lowest BCUT2D eigenvalue weighted by Crippen LogP contribution is -2.38. The van der Waals surface area contributed by atoms with Gasteiger partial charge in [-0.05, 0) is 31.2 Å². The molecule has 0 radical (unpaired) electrons. The summed E-state index contributed by atoms with van der Waals surface area (Å²) in [5.74, 6) is -0.438. The fraction of sp³-hybridized carbons (Fsp3) is 0.471. The molecule has 0 aliphatic carbocycles. The van der Waals surface area contributed by atoms with Gasteiger partial charge in [-0.3, -0.25) is 9.36 Å². The molecule has 1 aromatic carbocycles.